The van der Waals surface area contributed by atoms with E-state index in [1.54, 1.807) is 6.07 Å². The van der Waals surface area contributed by atoms with E-state index in [9.17, 15) is 9.59 Å². The fourth-order valence-corrected chi connectivity index (χ4v) is 1.86. The maximum Gasteiger partial charge on any atom is 0.245 e. The first kappa shape index (κ1) is 11.7. The first-order chi connectivity index (χ1) is 7.02. The third-order valence-corrected chi connectivity index (χ3v) is 2.84. The predicted molar refractivity (Wildman–Crippen MR) is 58.1 cm³/mol. The molecule has 0 aliphatic carbocycles. The molecular formula is C9H13N3O2S. The average Bonchev–Trinajstić information content (AvgIpc) is 2.67. The van der Waals surface area contributed by atoms with Gasteiger partial charge in [-0.25, -0.2) is 0 Å². The number of hydrogen-bond acceptors (Lipinski definition) is 4. The van der Waals surface area contributed by atoms with Crippen LogP contribution in [0.25, 0.3) is 0 Å². The van der Waals surface area contributed by atoms with Crippen LogP contribution in [0.3, 0.4) is 0 Å². The molecule has 0 aromatic carbocycles. The molecule has 0 spiro atoms. The van der Waals surface area contributed by atoms with Gasteiger partial charge in [-0.3, -0.25) is 9.59 Å². The molecule has 1 rings (SSSR count). The van der Waals surface area contributed by atoms with Crippen molar-refractivity contribution in [1.29, 1.82) is 0 Å². The van der Waals surface area contributed by atoms with Gasteiger partial charge in [-0.2, -0.15) is 0 Å². The highest BCUT2D eigenvalue weighted by Gasteiger charge is 2.21. The zero-order valence-electron chi connectivity index (χ0n) is 8.34. The van der Waals surface area contributed by atoms with Crippen LogP contribution in [0.4, 0.5) is 0 Å². The second-order valence-corrected chi connectivity index (χ2v) is 4.13. The Morgan fingerprint density at radius 1 is 1.60 bits per heavy atom. The van der Waals surface area contributed by atoms with Crippen molar-refractivity contribution in [2.45, 2.75) is 6.04 Å². The summed E-state index contributed by atoms with van der Waals surface area (Å²) in [5, 5.41) is 1.84. The van der Waals surface area contributed by atoms with Crippen molar-refractivity contribution in [3.8, 4) is 0 Å². The lowest BCUT2D eigenvalue weighted by atomic mass is 10.2. The molecule has 1 unspecified atom stereocenters. The standard InChI is InChI=1S/C9H13N3O2S/c1-12(5-7(10)13)9(14)8(11)6-3-2-4-15-6/h2-4,8H,5,11H2,1H3,(H2,10,13). The second-order valence-electron chi connectivity index (χ2n) is 3.15. The summed E-state index contributed by atoms with van der Waals surface area (Å²) < 4.78 is 0. The van der Waals surface area contributed by atoms with Crippen molar-refractivity contribution in [2.75, 3.05) is 13.6 Å². The molecule has 5 nitrogen and oxygen atoms in total. The van der Waals surface area contributed by atoms with Gasteiger partial charge in [-0.1, -0.05) is 6.07 Å². The van der Waals surface area contributed by atoms with E-state index < -0.39 is 11.9 Å². The number of rotatable bonds is 4. The summed E-state index contributed by atoms with van der Waals surface area (Å²) >= 11 is 1.41. The molecule has 0 bridgehead atoms. The number of likely N-dealkylation sites (N-methyl/N-ethyl adjacent to an activating group) is 1. The molecule has 0 radical (unpaired) electrons. The van der Waals surface area contributed by atoms with Crippen molar-refractivity contribution in [1.82, 2.24) is 4.90 Å². The maximum absolute atomic E-state index is 11.7. The van der Waals surface area contributed by atoms with Crippen molar-refractivity contribution in [3.63, 3.8) is 0 Å². The molecule has 0 saturated heterocycles. The van der Waals surface area contributed by atoms with Gasteiger partial charge in [-0.05, 0) is 11.4 Å². The zero-order valence-corrected chi connectivity index (χ0v) is 9.16. The largest absolute Gasteiger partial charge is 0.368 e. The molecule has 4 N–H and O–H groups in total. The molecule has 1 aromatic heterocycles. The number of nitrogens with two attached hydrogens (primary N) is 2. The number of hydrogen-bond donors (Lipinski definition) is 2. The summed E-state index contributed by atoms with van der Waals surface area (Å²) in [7, 11) is 1.50. The monoisotopic (exact) mass is 227 g/mol. The topological polar surface area (TPSA) is 89.4 Å². The normalized spacial score (nSPS) is 12.1. The Kier molecular flexibility index (Phi) is 3.81. The smallest absolute Gasteiger partial charge is 0.245 e. The van der Waals surface area contributed by atoms with E-state index in [-0.39, 0.29) is 12.5 Å². The van der Waals surface area contributed by atoms with Crippen LogP contribution in [0.2, 0.25) is 0 Å². The molecule has 82 valence electrons. The molecule has 0 fully saturated rings. The fraction of sp³-hybridized carbons (Fsp3) is 0.333. The number of amides is 2. The highest BCUT2D eigenvalue weighted by molar-refractivity contribution is 7.10. The van der Waals surface area contributed by atoms with Crippen LogP contribution in [0.15, 0.2) is 17.5 Å². The van der Waals surface area contributed by atoms with Gasteiger partial charge in [0.25, 0.3) is 0 Å². The SMILES string of the molecule is CN(CC(N)=O)C(=O)C(N)c1cccs1. The van der Waals surface area contributed by atoms with Crippen LogP contribution in [-0.4, -0.2) is 30.3 Å². The van der Waals surface area contributed by atoms with Crippen molar-refractivity contribution >= 4 is 23.2 Å². The minimum atomic E-state index is -0.714. The van der Waals surface area contributed by atoms with E-state index in [2.05, 4.69) is 0 Å². The molecular weight excluding hydrogens is 214 g/mol. The van der Waals surface area contributed by atoms with Crippen LogP contribution in [0.1, 0.15) is 10.9 Å². The van der Waals surface area contributed by atoms with E-state index in [1.165, 1.54) is 23.3 Å². The molecule has 1 aromatic rings. The second kappa shape index (κ2) is 4.90. The minimum Gasteiger partial charge on any atom is -0.368 e. The van der Waals surface area contributed by atoms with Gasteiger partial charge in [-0.15, -0.1) is 11.3 Å². The quantitative estimate of drug-likeness (QED) is 0.739. The maximum atomic E-state index is 11.7. The Hall–Kier alpha value is -1.40. The number of primary amides is 1. The van der Waals surface area contributed by atoms with Crippen LogP contribution in [0.5, 0.6) is 0 Å². The van der Waals surface area contributed by atoms with Crippen LogP contribution >= 0.6 is 11.3 Å². The van der Waals surface area contributed by atoms with Crippen LogP contribution < -0.4 is 11.5 Å². The third-order valence-electron chi connectivity index (χ3n) is 1.88. The highest BCUT2D eigenvalue weighted by Crippen LogP contribution is 2.18. The summed E-state index contributed by atoms with van der Waals surface area (Å²) in [6.45, 7) is -0.113. The summed E-state index contributed by atoms with van der Waals surface area (Å²) in [6, 6.07) is 2.89. The molecule has 0 saturated carbocycles. The molecule has 1 atom stereocenters. The van der Waals surface area contributed by atoms with Gasteiger partial charge >= 0.3 is 0 Å². The lowest BCUT2D eigenvalue weighted by Gasteiger charge is -2.18. The Morgan fingerprint density at radius 2 is 2.27 bits per heavy atom. The number of nitrogens with zero attached hydrogens (tertiary/aromatic N) is 1. The van der Waals surface area contributed by atoms with E-state index in [1.807, 2.05) is 11.4 Å². The Morgan fingerprint density at radius 3 is 2.73 bits per heavy atom. The van der Waals surface area contributed by atoms with E-state index >= 15 is 0 Å². The summed E-state index contributed by atoms with van der Waals surface area (Å²) in [6.07, 6.45) is 0. The Balaban J connectivity index is 2.64. The molecule has 15 heavy (non-hydrogen) atoms. The van der Waals surface area contributed by atoms with E-state index in [4.69, 9.17) is 11.5 Å². The fourth-order valence-electron chi connectivity index (χ4n) is 1.14. The summed E-state index contributed by atoms with van der Waals surface area (Å²) in [5.41, 5.74) is 10.7. The molecule has 0 aliphatic rings. The highest BCUT2D eigenvalue weighted by atomic mass is 32.1. The van der Waals surface area contributed by atoms with Gasteiger partial charge in [0, 0.05) is 11.9 Å². The van der Waals surface area contributed by atoms with Crippen molar-refractivity contribution in [3.05, 3.63) is 22.4 Å². The zero-order chi connectivity index (χ0) is 11.4. The van der Waals surface area contributed by atoms with E-state index in [0.29, 0.717) is 0 Å². The van der Waals surface area contributed by atoms with Gasteiger partial charge in [0.2, 0.25) is 11.8 Å². The first-order valence-electron chi connectivity index (χ1n) is 4.34. The van der Waals surface area contributed by atoms with Crippen LogP contribution in [-0.2, 0) is 9.59 Å². The van der Waals surface area contributed by atoms with Gasteiger partial charge in [0.05, 0.1) is 6.54 Å². The lowest BCUT2D eigenvalue weighted by Crippen LogP contribution is -2.40. The van der Waals surface area contributed by atoms with Crippen molar-refractivity contribution < 1.29 is 9.59 Å². The molecule has 1 heterocycles. The van der Waals surface area contributed by atoms with Gasteiger partial charge < -0.3 is 16.4 Å². The Labute approximate surface area is 91.7 Å². The summed E-state index contributed by atoms with van der Waals surface area (Å²) in [4.78, 5) is 24.3. The first-order valence-corrected chi connectivity index (χ1v) is 5.22. The third kappa shape index (κ3) is 3.03. The average molecular weight is 227 g/mol. The number of carbonyl (C=O) groups excluding carboxylic acids is 2. The van der Waals surface area contributed by atoms with Gasteiger partial charge in [0.1, 0.15) is 6.04 Å². The van der Waals surface area contributed by atoms with Crippen LogP contribution in [0, 0.1) is 0 Å². The number of carbonyl (C=O) groups is 2. The minimum absolute atomic E-state index is 0.113. The van der Waals surface area contributed by atoms with E-state index in [0.717, 1.165) is 4.88 Å². The number of thiophene rings is 1. The molecule has 0 aliphatic heterocycles. The lowest BCUT2D eigenvalue weighted by molar-refractivity contribution is -0.134. The molecule has 2 amide bonds. The predicted octanol–water partition coefficient (Wildman–Crippen LogP) is -0.308. The van der Waals surface area contributed by atoms with Crippen molar-refractivity contribution in [2.24, 2.45) is 11.5 Å². The summed E-state index contributed by atoms with van der Waals surface area (Å²) in [5.74, 6) is -0.861. The Bertz CT molecular complexity index is 350. The molecule has 6 heteroatoms. The van der Waals surface area contributed by atoms with Gasteiger partial charge in [0.15, 0.2) is 0 Å².